The summed E-state index contributed by atoms with van der Waals surface area (Å²) in [5, 5.41) is 13.8. The molecule has 0 saturated carbocycles. The highest BCUT2D eigenvalue weighted by Crippen LogP contribution is 2.26. The molecule has 2 aromatic heterocycles. The van der Waals surface area contributed by atoms with Crippen LogP contribution >= 0.6 is 0 Å². The van der Waals surface area contributed by atoms with Gasteiger partial charge in [0.15, 0.2) is 5.58 Å². The van der Waals surface area contributed by atoms with Crippen molar-refractivity contribution in [3.63, 3.8) is 0 Å². The van der Waals surface area contributed by atoms with Crippen molar-refractivity contribution in [3.8, 4) is 11.5 Å². The summed E-state index contributed by atoms with van der Waals surface area (Å²) in [6.45, 7) is 0. The number of anilines is 1. The fourth-order valence-electron chi connectivity index (χ4n) is 2.84. The Morgan fingerprint density at radius 2 is 1.89 bits per heavy atom. The largest absolute Gasteiger partial charge is 0.436 e. The third-order valence-electron chi connectivity index (χ3n) is 4.14. The first-order chi connectivity index (χ1) is 13.6. The monoisotopic (exact) mass is 374 g/mol. The number of oxazole rings is 1. The van der Waals surface area contributed by atoms with Crippen LogP contribution in [-0.4, -0.2) is 20.8 Å². The predicted octanol–water partition coefficient (Wildman–Crippen LogP) is 3.98. The molecule has 0 fully saturated rings. The topological polar surface area (TPSA) is 111 Å². The van der Waals surface area contributed by atoms with E-state index in [4.69, 9.17) is 4.42 Å². The van der Waals surface area contributed by atoms with Crippen molar-refractivity contribution in [1.82, 2.24) is 9.97 Å². The summed E-state index contributed by atoms with van der Waals surface area (Å²) < 4.78 is 5.77. The average Bonchev–Trinajstić information content (AvgIpc) is 3.12. The van der Waals surface area contributed by atoms with Crippen LogP contribution in [0.15, 0.2) is 71.4 Å². The molecule has 0 radical (unpaired) electrons. The fourth-order valence-corrected chi connectivity index (χ4v) is 2.84. The van der Waals surface area contributed by atoms with Crippen molar-refractivity contribution in [3.05, 3.63) is 82.7 Å². The van der Waals surface area contributed by atoms with E-state index >= 15 is 0 Å². The molecule has 28 heavy (non-hydrogen) atoms. The maximum absolute atomic E-state index is 12.3. The molecule has 2 aromatic carbocycles. The molecular weight excluding hydrogens is 360 g/mol. The molecule has 8 heteroatoms. The molecule has 0 aliphatic carbocycles. The van der Waals surface area contributed by atoms with Crippen molar-refractivity contribution in [1.29, 1.82) is 0 Å². The molecule has 4 rings (SSSR count). The minimum atomic E-state index is -0.496. The number of nitrogens with one attached hydrogen (secondary N) is 1. The number of nitro groups is 1. The highest BCUT2D eigenvalue weighted by Gasteiger charge is 2.16. The van der Waals surface area contributed by atoms with Gasteiger partial charge in [-0.15, -0.1) is 0 Å². The van der Waals surface area contributed by atoms with E-state index < -0.39 is 4.92 Å². The van der Waals surface area contributed by atoms with Crippen LogP contribution in [0.2, 0.25) is 0 Å². The minimum Gasteiger partial charge on any atom is -0.436 e. The first-order valence-electron chi connectivity index (χ1n) is 8.43. The number of rotatable bonds is 5. The number of hydrogen-bond donors (Lipinski definition) is 1. The molecule has 0 atom stereocenters. The Kier molecular flexibility index (Phi) is 4.51. The molecule has 0 unspecified atom stereocenters. The maximum Gasteiger partial charge on any atom is 0.273 e. The van der Waals surface area contributed by atoms with Crippen molar-refractivity contribution in [2.45, 2.75) is 6.42 Å². The van der Waals surface area contributed by atoms with Gasteiger partial charge in [0.1, 0.15) is 5.52 Å². The van der Waals surface area contributed by atoms with Crippen LogP contribution in [0.1, 0.15) is 5.56 Å². The van der Waals surface area contributed by atoms with E-state index in [9.17, 15) is 14.9 Å². The summed E-state index contributed by atoms with van der Waals surface area (Å²) in [4.78, 5) is 31.3. The number of nitrogens with zero attached hydrogens (tertiary/aromatic N) is 3. The van der Waals surface area contributed by atoms with E-state index in [1.807, 2.05) is 0 Å². The lowest BCUT2D eigenvalue weighted by Crippen LogP contribution is -2.15. The highest BCUT2D eigenvalue weighted by atomic mass is 16.6. The molecule has 0 saturated heterocycles. The van der Waals surface area contributed by atoms with Gasteiger partial charge in [-0.2, -0.15) is 0 Å². The van der Waals surface area contributed by atoms with E-state index in [0.29, 0.717) is 28.2 Å². The number of amides is 1. The second kappa shape index (κ2) is 7.28. The van der Waals surface area contributed by atoms with Crippen molar-refractivity contribution in [2.24, 2.45) is 0 Å². The molecule has 1 amide bonds. The second-order valence-electron chi connectivity index (χ2n) is 6.05. The number of fused-ring (bicyclic) bond motifs is 1. The minimum absolute atomic E-state index is 0.0784. The first-order valence-corrected chi connectivity index (χ1v) is 8.43. The Labute approximate surface area is 159 Å². The van der Waals surface area contributed by atoms with Gasteiger partial charge in [0.05, 0.1) is 11.3 Å². The highest BCUT2D eigenvalue weighted by molar-refractivity contribution is 5.94. The number of carbonyl (C=O) groups is 1. The number of aromatic nitrogens is 2. The van der Waals surface area contributed by atoms with E-state index in [2.05, 4.69) is 15.3 Å². The first kappa shape index (κ1) is 17.3. The molecule has 0 aliphatic rings. The average molecular weight is 374 g/mol. The summed E-state index contributed by atoms with van der Waals surface area (Å²) in [5.41, 5.74) is 2.77. The Morgan fingerprint density at radius 3 is 2.68 bits per heavy atom. The standard InChI is InChI=1S/C20H14N4O4/c25-19(11-14-3-1-2-4-17(14)24(26)27)22-15-5-6-16-18(12-15)28-20(23-16)13-7-9-21-10-8-13/h1-10,12H,11H2,(H,22,25). The fraction of sp³-hybridized carbons (Fsp3) is 0.0500. The van der Waals surface area contributed by atoms with Gasteiger partial charge in [-0.1, -0.05) is 18.2 Å². The van der Waals surface area contributed by atoms with Crippen LogP contribution in [0.3, 0.4) is 0 Å². The number of benzene rings is 2. The van der Waals surface area contributed by atoms with Crippen LogP contribution in [0.5, 0.6) is 0 Å². The van der Waals surface area contributed by atoms with Crippen LogP contribution in [0.4, 0.5) is 11.4 Å². The molecule has 138 valence electrons. The van der Waals surface area contributed by atoms with Gasteiger partial charge >= 0.3 is 0 Å². The lowest BCUT2D eigenvalue weighted by Gasteiger charge is -2.05. The van der Waals surface area contributed by atoms with Crippen molar-refractivity contribution in [2.75, 3.05) is 5.32 Å². The van der Waals surface area contributed by atoms with Gasteiger partial charge in [-0.25, -0.2) is 4.98 Å². The zero-order valence-electron chi connectivity index (χ0n) is 14.5. The Hall–Kier alpha value is -4.07. The number of para-hydroxylation sites is 1. The number of hydrogen-bond acceptors (Lipinski definition) is 6. The quantitative estimate of drug-likeness (QED) is 0.418. The van der Waals surface area contributed by atoms with Gasteiger partial charge < -0.3 is 9.73 Å². The van der Waals surface area contributed by atoms with Gasteiger partial charge in [0, 0.05) is 41.3 Å². The third-order valence-corrected chi connectivity index (χ3v) is 4.14. The summed E-state index contributed by atoms with van der Waals surface area (Å²) in [6, 6.07) is 14.9. The molecule has 0 spiro atoms. The maximum atomic E-state index is 12.3. The van der Waals surface area contributed by atoms with Gasteiger partial charge in [-0.3, -0.25) is 19.9 Å². The van der Waals surface area contributed by atoms with Crippen LogP contribution in [-0.2, 0) is 11.2 Å². The van der Waals surface area contributed by atoms with E-state index in [1.54, 1.807) is 60.9 Å². The SMILES string of the molecule is O=C(Cc1ccccc1[N+](=O)[O-])Nc1ccc2nc(-c3ccncc3)oc2c1. The summed E-state index contributed by atoms with van der Waals surface area (Å²) in [7, 11) is 0. The molecule has 1 N–H and O–H groups in total. The summed E-state index contributed by atoms with van der Waals surface area (Å²) >= 11 is 0. The molecule has 4 aromatic rings. The van der Waals surface area contributed by atoms with E-state index in [1.165, 1.54) is 6.07 Å². The molecule has 0 aliphatic heterocycles. The van der Waals surface area contributed by atoms with Crippen molar-refractivity contribution < 1.29 is 14.1 Å². The molecule has 8 nitrogen and oxygen atoms in total. The Morgan fingerprint density at radius 1 is 1.11 bits per heavy atom. The smallest absolute Gasteiger partial charge is 0.273 e. The van der Waals surface area contributed by atoms with E-state index in [-0.39, 0.29) is 18.0 Å². The van der Waals surface area contributed by atoms with Crippen LogP contribution in [0.25, 0.3) is 22.6 Å². The van der Waals surface area contributed by atoms with Gasteiger partial charge in [0.2, 0.25) is 11.8 Å². The zero-order valence-corrected chi connectivity index (χ0v) is 14.5. The van der Waals surface area contributed by atoms with Crippen LogP contribution in [0, 0.1) is 10.1 Å². The predicted molar refractivity (Wildman–Crippen MR) is 103 cm³/mol. The number of carbonyl (C=O) groups excluding carboxylic acids is 1. The van der Waals surface area contributed by atoms with Crippen molar-refractivity contribution >= 4 is 28.4 Å². The lowest BCUT2D eigenvalue weighted by molar-refractivity contribution is -0.385. The molecular formula is C20H14N4O4. The molecule has 0 bridgehead atoms. The van der Waals surface area contributed by atoms with Gasteiger partial charge in [0.25, 0.3) is 5.69 Å². The Balaban J connectivity index is 1.53. The van der Waals surface area contributed by atoms with Crippen LogP contribution < -0.4 is 5.32 Å². The third kappa shape index (κ3) is 3.56. The zero-order chi connectivity index (χ0) is 19.5. The summed E-state index contributed by atoms with van der Waals surface area (Å²) in [6.07, 6.45) is 3.20. The van der Waals surface area contributed by atoms with Gasteiger partial charge in [-0.05, 0) is 24.3 Å². The van der Waals surface area contributed by atoms with E-state index in [0.717, 1.165) is 5.56 Å². The number of pyridine rings is 1. The lowest BCUT2D eigenvalue weighted by atomic mass is 10.1. The molecule has 2 heterocycles. The summed E-state index contributed by atoms with van der Waals surface area (Å²) in [5.74, 6) is 0.100. The normalized spacial score (nSPS) is 10.7. The second-order valence-corrected chi connectivity index (χ2v) is 6.05. The number of nitro benzene ring substituents is 1. The Bertz CT molecular complexity index is 1170.